The van der Waals surface area contributed by atoms with Crippen LogP contribution < -0.4 is 0 Å². The monoisotopic (exact) mass is 234 g/mol. The fourth-order valence-electron chi connectivity index (χ4n) is 0.959. The van der Waals surface area contributed by atoms with Gasteiger partial charge in [0.2, 0.25) is 0 Å². The van der Waals surface area contributed by atoms with E-state index in [9.17, 15) is 0 Å². The molecule has 2 aromatic rings. The van der Waals surface area contributed by atoms with Crippen LogP contribution in [0.1, 0.15) is 11.4 Å². The molecule has 0 N–H and O–H groups in total. The van der Waals surface area contributed by atoms with Crippen molar-refractivity contribution >= 4 is 23.3 Å². The molecule has 0 amide bonds. The van der Waals surface area contributed by atoms with Crippen molar-refractivity contribution in [2.24, 2.45) is 0 Å². The first kappa shape index (κ1) is 10.1. The van der Waals surface area contributed by atoms with E-state index >= 15 is 0 Å². The number of pyridine rings is 1. The van der Waals surface area contributed by atoms with Gasteiger partial charge in [-0.05, 0) is 42.4 Å². The zero-order valence-electron chi connectivity index (χ0n) is 7.84. The van der Waals surface area contributed by atoms with Gasteiger partial charge >= 0.3 is 0 Å². The van der Waals surface area contributed by atoms with Crippen molar-refractivity contribution in [1.29, 1.82) is 5.26 Å². The fraction of sp³-hybridized carbons (Fsp3) is 0.111. The van der Waals surface area contributed by atoms with Crippen molar-refractivity contribution in [2.75, 3.05) is 0 Å². The molecule has 0 aliphatic carbocycles. The number of rotatable bonds is 2. The number of hydrogen-bond acceptors (Lipinski definition) is 6. The van der Waals surface area contributed by atoms with Gasteiger partial charge in [-0.3, -0.25) is 0 Å². The average molecular weight is 234 g/mol. The molecule has 0 spiro atoms. The summed E-state index contributed by atoms with van der Waals surface area (Å²) in [5.41, 5.74) is 0.565. The van der Waals surface area contributed by atoms with Crippen molar-refractivity contribution < 1.29 is 0 Å². The molecule has 4 nitrogen and oxygen atoms in total. The molecule has 0 aliphatic heterocycles. The van der Waals surface area contributed by atoms with Crippen molar-refractivity contribution in [2.45, 2.75) is 16.3 Å². The predicted molar refractivity (Wildman–Crippen MR) is 57.7 cm³/mol. The molecule has 0 aromatic carbocycles. The average Bonchev–Trinajstić information content (AvgIpc) is 2.65. The molecule has 15 heavy (non-hydrogen) atoms. The quantitative estimate of drug-likeness (QED) is 0.797. The maximum atomic E-state index is 8.87. The van der Waals surface area contributed by atoms with Crippen LogP contribution in [0, 0.1) is 18.3 Å². The third-order valence-corrected chi connectivity index (χ3v) is 3.45. The smallest absolute Gasteiger partial charge is 0.176 e. The number of nitriles is 1. The molecule has 74 valence electrons. The topological polar surface area (TPSA) is 62.5 Å². The molecular weight excluding hydrogens is 228 g/mol. The SMILES string of the molecule is Cc1nsc(Sc2ncccc2C#N)n1. The van der Waals surface area contributed by atoms with Gasteiger partial charge in [0.25, 0.3) is 0 Å². The summed E-state index contributed by atoms with van der Waals surface area (Å²) < 4.78 is 4.88. The van der Waals surface area contributed by atoms with E-state index in [1.54, 1.807) is 18.3 Å². The summed E-state index contributed by atoms with van der Waals surface area (Å²) in [6, 6.07) is 5.58. The van der Waals surface area contributed by atoms with Gasteiger partial charge < -0.3 is 0 Å². The Balaban J connectivity index is 2.28. The second-order valence-corrected chi connectivity index (χ2v) is 4.67. The van der Waals surface area contributed by atoms with E-state index in [2.05, 4.69) is 20.4 Å². The third-order valence-electron chi connectivity index (χ3n) is 1.58. The van der Waals surface area contributed by atoms with E-state index < -0.39 is 0 Å². The normalized spacial score (nSPS) is 9.87. The van der Waals surface area contributed by atoms with Crippen LogP contribution in [0.5, 0.6) is 0 Å². The Morgan fingerprint density at radius 1 is 1.53 bits per heavy atom. The Hall–Kier alpha value is -1.45. The molecule has 0 bridgehead atoms. The first-order valence-electron chi connectivity index (χ1n) is 4.13. The lowest BCUT2D eigenvalue weighted by molar-refractivity contribution is 1.08. The molecule has 2 aromatic heterocycles. The Morgan fingerprint density at radius 2 is 2.40 bits per heavy atom. The minimum Gasteiger partial charge on any atom is -0.248 e. The van der Waals surface area contributed by atoms with Crippen LogP contribution in [0.25, 0.3) is 0 Å². The molecule has 0 saturated heterocycles. The van der Waals surface area contributed by atoms with Crippen LogP contribution in [-0.4, -0.2) is 14.3 Å². The van der Waals surface area contributed by atoms with E-state index in [1.165, 1.54) is 23.3 Å². The van der Waals surface area contributed by atoms with Gasteiger partial charge in [-0.25, -0.2) is 9.97 Å². The second-order valence-electron chi connectivity index (χ2n) is 2.68. The highest BCUT2D eigenvalue weighted by molar-refractivity contribution is 8.00. The highest BCUT2D eigenvalue weighted by Crippen LogP contribution is 2.29. The summed E-state index contributed by atoms with van der Waals surface area (Å²) in [6.07, 6.45) is 1.66. The molecule has 2 rings (SSSR count). The van der Waals surface area contributed by atoms with Crippen LogP contribution in [-0.2, 0) is 0 Å². The minimum absolute atomic E-state index is 0.565. The summed E-state index contributed by atoms with van der Waals surface area (Å²) >= 11 is 2.69. The zero-order chi connectivity index (χ0) is 10.7. The summed E-state index contributed by atoms with van der Waals surface area (Å²) in [6.45, 7) is 1.84. The number of nitrogens with zero attached hydrogens (tertiary/aromatic N) is 4. The lowest BCUT2D eigenvalue weighted by Crippen LogP contribution is -1.84. The van der Waals surface area contributed by atoms with Crippen LogP contribution in [0.4, 0.5) is 0 Å². The highest BCUT2D eigenvalue weighted by Gasteiger charge is 2.08. The van der Waals surface area contributed by atoms with Crippen LogP contribution in [0.2, 0.25) is 0 Å². The van der Waals surface area contributed by atoms with E-state index in [4.69, 9.17) is 5.26 Å². The number of aryl methyl sites for hydroxylation is 1. The Bertz CT molecular complexity index is 515. The lowest BCUT2D eigenvalue weighted by Gasteiger charge is -1.97. The van der Waals surface area contributed by atoms with E-state index in [0.29, 0.717) is 10.6 Å². The molecule has 0 saturated carbocycles. The predicted octanol–water partition coefficient (Wildman–Crippen LogP) is 2.26. The van der Waals surface area contributed by atoms with Crippen LogP contribution in [0.15, 0.2) is 27.7 Å². The largest absolute Gasteiger partial charge is 0.248 e. The van der Waals surface area contributed by atoms with Gasteiger partial charge in [0.1, 0.15) is 16.9 Å². The van der Waals surface area contributed by atoms with Crippen molar-refractivity contribution in [1.82, 2.24) is 14.3 Å². The van der Waals surface area contributed by atoms with Crippen LogP contribution in [0.3, 0.4) is 0 Å². The lowest BCUT2D eigenvalue weighted by atomic mass is 10.3. The standard InChI is InChI=1S/C9H6N4S2/c1-6-12-9(15-13-6)14-8-7(5-10)3-2-4-11-8/h2-4H,1H3. The summed E-state index contributed by atoms with van der Waals surface area (Å²) in [5.74, 6) is 0.747. The van der Waals surface area contributed by atoms with Crippen LogP contribution >= 0.6 is 23.3 Å². The van der Waals surface area contributed by atoms with E-state index in [1.807, 2.05) is 6.92 Å². The minimum atomic E-state index is 0.565. The van der Waals surface area contributed by atoms with E-state index in [-0.39, 0.29) is 0 Å². The fourth-order valence-corrected chi connectivity index (χ4v) is 2.56. The molecule has 0 atom stereocenters. The molecule has 2 heterocycles. The van der Waals surface area contributed by atoms with Gasteiger partial charge in [0, 0.05) is 6.20 Å². The number of aromatic nitrogens is 3. The molecule has 0 radical (unpaired) electrons. The van der Waals surface area contributed by atoms with Crippen molar-refractivity contribution in [3.63, 3.8) is 0 Å². The molecule has 0 fully saturated rings. The van der Waals surface area contributed by atoms with Gasteiger partial charge in [-0.2, -0.15) is 9.64 Å². The Morgan fingerprint density at radius 3 is 3.07 bits per heavy atom. The van der Waals surface area contributed by atoms with Gasteiger partial charge in [-0.1, -0.05) is 0 Å². The highest BCUT2D eigenvalue weighted by atomic mass is 32.2. The summed E-state index contributed by atoms with van der Waals surface area (Å²) in [5, 5.41) is 9.54. The molecular formula is C9H6N4S2. The second kappa shape index (κ2) is 4.38. The van der Waals surface area contributed by atoms with Gasteiger partial charge in [0.05, 0.1) is 5.56 Å². The summed E-state index contributed by atoms with van der Waals surface area (Å²) in [4.78, 5) is 8.34. The first-order chi connectivity index (χ1) is 7.29. The maximum absolute atomic E-state index is 8.87. The van der Waals surface area contributed by atoms with E-state index in [0.717, 1.165) is 10.2 Å². The Kier molecular flexibility index (Phi) is 2.94. The van der Waals surface area contributed by atoms with Crippen molar-refractivity contribution in [3.8, 4) is 6.07 Å². The molecule has 6 heteroatoms. The maximum Gasteiger partial charge on any atom is 0.176 e. The van der Waals surface area contributed by atoms with Crippen molar-refractivity contribution in [3.05, 3.63) is 29.7 Å². The van der Waals surface area contributed by atoms with Gasteiger partial charge in [0.15, 0.2) is 4.34 Å². The molecule has 0 aliphatic rings. The third kappa shape index (κ3) is 2.32. The Labute approximate surface area is 95.2 Å². The first-order valence-corrected chi connectivity index (χ1v) is 5.72. The molecule has 0 unspecified atom stereocenters. The number of hydrogen-bond donors (Lipinski definition) is 0. The van der Waals surface area contributed by atoms with Gasteiger partial charge in [-0.15, -0.1) is 0 Å². The zero-order valence-corrected chi connectivity index (χ0v) is 9.47. The summed E-state index contributed by atoms with van der Waals surface area (Å²) in [7, 11) is 0.